The molecule has 1 aromatic carbocycles. The van der Waals surface area contributed by atoms with Crippen LogP contribution in [-0.4, -0.2) is 14.8 Å². The highest BCUT2D eigenvalue weighted by atomic mass is 19.1. The van der Waals surface area contributed by atoms with Crippen LogP contribution in [0.5, 0.6) is 0 Å². The highest BCUT2D eigenvalue weighted by Gasteiger charge is 2.08. The predicted octanol–water partition coefficient (Wildman–Crippen LogP) is 2.10. The van der Waals surface area contributed by atoms with Gasteiger partial charge in [-0.15, -0.1) is 0 Å². The molecule has 1 aromatic heterocycles. The first-order chi connectivity index (χ1) is 8.70. The van der Waals surface area contributed by atoms with Crippen LogP contribution in [-0.2, 0) is 13.0 Å². The van der Waals surface area contributed by atoms with Gasteiger partial charge >= 0.3 is 5.69 Å². The summed E-state index contributed by atoms with van der Waals surface area (Å²) in [4.78, 5) is 11.6. The highest BCUT2D eigenvalue weighted by Crippen LogP contribution is 2.07. The Bertz CT molecular complexity index is 574. The lowest BCUT2D eigenvalue weighted by Crippen LogP contribution is -2.19. The lowest BCUT2D eigenvalue weighted by atomic mass is 10.2. The van der Waals surface area contributed by atoms with E-state index in [1.54, 1.807) is 16.7 Å². The molecular formula is C13H16FN3O. The number of H-pyrrole nitrogens is 1. The third kappa shape index (κ3) is 2.85. The molecule has 0 aliphatic heterocycles. The molecule has 0 radical (unpaired) electrons. The Morgan fingerprint density at radius 3 is 3.00 bits per heavy atom. The fraction of sp³-hybridized carbons (Fsp3) is 0.385. The van der Waals surface area contributed by atoms with Crippen LogP contribution < -0.4 is 5.69 Å². The maximum atomic E-state index is 13.1. The number of benzene rings is 1. The molecule has 0 amide bonds. The van der Waals surface area contributed by atoms with Crippen molar-refractivity contribution in [1.82, 2.24) is 14.8 Å². The van der Waals surface area contributed by atoms with Crippen molar-refractivity contribution in [3.8, 4) is 0 Å². The number of aromatic nitrogens is 3. The zero-order chi connectivity index (χ0) is 13.0. The van der Waals surface area contributed by atoms with Gasteiger partial charge in [0.15, 0.2) is 0 Å². The summed E-state index contributed by atoms with van der Waals surface area (Å²) in [5.41, 5.74) is 0.515. The van der Waals surface area contributed by atoms with E-state index in [1.807, 2.05) is 0 Å². The molecule has 0 aliphatic rings. The average molecular weight is 249 g/mol. The smallest absolute Gasteiger partial charge is 0.275 e. The van der Waals surface area contributed by atoms with Crippen molar-refractivity contribution >= 4 is 0 Å². The van der Waals surface area contributed by atoms with Crippen LogP contribution in [0.2, 0.25) is 0 Å². The van der Waals surface area contributed by atoms with Crippen LogP contribution in [0.25, 0.3) is 0 Å². The molecule has 0 saturated heterocycles. The molecule has 18 heavy (non-hydrogen) atoms. The van der Waals surface area contributed by atoms with E-state index in [4.69, 9.17) is 0 Å². The maximum Gasteiger partial charge on any atom is 0.343 e. The quantitative estimate of drug-likeness (QED) is 0.882. The van der Waals surface area contributed by atoms with Gasteiger partial charge in [0.1, 0.15) is 11.6 Å². The summed E-state index contributed by atoms with van der Waals surface area (Å²) in [7, 11) is 0. The molecule has 0 atom stereocenters. The third-order valence-electron chi connectivity index (χ3n) is 2.82. The molecule has 0 aliphatic carbocycles. The molecule has 2 aromatic rings. The van der Waals surface area contributed by atoms with Crippen molar-refractivity contribution in [2.75, 3.05) is 0 Å². The number of nitrogens with one attached hydrogen (secondary N) is 1. The maximum absolute atomic E-state index is 13.1. The Morgan fingerprint density at radius 2 is 2.28 bits per heavy atom. The fourth-order valence-corrected chi connectivity index (χ4v) is 1.86. The van der Waals surface area contributed by atoms with Gasteiger partial charge in [0.05, 0.1) is 6.54 Å². The van der Waals surface area contributed by atoms with Gasteiger partial charge in [-0.1, -0.05) is 25.5 Å². The van der Waals surface area contributed by atoms with Crippen LogP contribution in [0.1, 0.15) is 31.2 Å². The van der Waals surface area contributed by atoms with Crippen LogP contribution >= 0.6 is 0 Å². The topological polar surface area (TPSA) is 50.7 Å². The number of nitrogens with zero attached hydrogens (tertiary/aromatic N) is 2. The van der Waals surface area contributed by atoms with E-state index in [0.29, 0.717) is 6.54 Å². The molecule has 4 nitrogen and oxygen atoms in total. The molecule has 1 heterocycles. The summed E-state index contributed by atoms with van der Waals surface area (Å²) in [5, 5.41) is 6.45. The minimum Gasteiger partial charge on any atom is -0.275 e. The van der Waals surface area contributed by atoms with E-state index in [0.717, 1.165) is 30.7 Å². The van der Waals surface area contributed by atoms with E-state index in [2.05, 4.69) is 17.1 Å². The zero-order valence-electron chi connectivity index (χ0n) is 10.3. The number of hydrogen-bond donors (Lipinski definition) is 1. The standard InChI is InChI=1S/C13H16FN3O/c1-2-3-7-12-15-16-13(18)17(12)9-10-5-4-6-11(14)8-10/h4-6,8H,2-3,7,9H2,1H3,(H,16,18). The number of hydrogen-bond acceptors (Lipinski definition) is 2. The molecule has 96 valence electrons. The third-order valence-corrected chi connectivity index (χ3v) is 2.82. The second-order valence-corrected chi connectivity index (χ2v) is 4.26. The van der Waals surface area contributed by atoms with Crippen molar-refractivity contribution in [1.29, 1.82) is 0 Å². The number of unbranched alkanes of at least 4 members (excludes halogenated alkanes) is 1. The second-order valence-electron chi connectivity index (χ2n) is 4.26. The summed E-state index contributed by atoms with van der Waals surface area (Å²) < 4.78 is 14.6. The SMILES string of the molecule is CCCCc1n[nH]c(=O)n1Cc1cccc(F)c1. The van der Waals surface area contributed by atoms with Gasteiger partial charge in [-0.2, -0.15) is 5.10 Å². The number of rotatable bonds is 5. The Morgan fingerprint density at radius 1 is 1.44 bits per heavy atom. The van der Waals surface area contributed by atoms with Gasteiger partial charge < -0.3 is 0 Å². The molecule has 0 saturated carbocycles. The summed E-state index contributed by atoms with van der Waals surface area (Å²) in [6, 6.07) is 6.26. The van der Waals surface area contributed by atoms with E-state index < -0.39 is 0 Å². The van der Waals surface area contributed by atoms with Gasteiger partial charge in [0, 0.05) is 6.42 Å². The second kappa shape index (κ2) is 5.62. The minimum atomic E-state index is -0.292. The van der Waals surface area contributed by atoms with Gasteiger partial charge in [-0.3, -0.25) is 4.57 Å². The molecule has 1 N–H and O–H groups in total. The van der Waals surface area contributed by atoms with E-state index >= 15 is 0 Å². The lowest BCUT2D eigenvalue weighted by Gasteiger charge is -2.05. The summed E-state index contributed by atoms with van der Waals surface area (Å²) in [5.74, 6) is 0.435. The normalized spacial score (nSPS) is 10.8. The predicted molar refractivity (Wildman–Crippen MR) is 67.0 cm³/mol. The first-order valence-electron chi connectivity index (χ1n) is 6.09. The Labute approximate surface area is 104 Å². The molecule has 2 rings (SSSR count). The molecule has 0 spiro atoms. The Balaban J connectivity index is 2.22. The molecular weight excluding hydrogens is 233 g/mol. The van der Waals surface area contributed by atoms with Crippen molar-refractivity contribution in [3.63, 3.8) is 0 Å². The first kappa shape index (κ1) is 12.5. The van der Waals surface area contributed by atoms with Gasteiger partial charge in [0.25, 0.3) is 0 Å². The molecule has 0 bridgehead atoms. The van der Waals surface area contributed by atoms with Gasteiger partial charge in [-0.05, 0) is 24.1 Å². The number of aromatic amines is 1. The van der Waals surface area contributed by atoms with Crippen molar-refractivity contribution in [2.45, 2.75) is 32.7 Å². The fourth-order valence-electron chi connectivity index (χ4n) is 1.86. The molecule has 5 heteroatoms. The van der Waals surface area contributed by atoms with E-state index in [-0.39, 0.29) is 11.5 Å². The number of halogens is 1. The van der Waals surface area contributed by atoms with E-state index in [1.165, 1.54) is 12.1 Å². The monoisotopic (exact) mass is 249 g/mol. The van der Waals surface area contributed by atoms with Crippen molar-refractivity contribution in [2.24, 2.45) is 0 Å². The van der Waals surface area contributed by atoms with Gasteiger partial charge in [0.2, 0.25) is 0 Å². The van der Waals surface area contributed by atoms with Crippen LogP contribution in [0.15, 0.2) is 29.1 Å². The van der Waals surface area contributed by atoms with Crippen molar-refractivity contribution in [3.05, 3.63) is 52.0 Å². The molecule has 0 unspecified atom stereocenters. The van der Waals surface area contributed by atoms with E-state index in [9.17, 15) is 9.18 Å². The summed E-state index contributed by atoms with van der Waals surface area (Å²) >= 11 is 0. The number of aryl methyl sites for hydroxylation is 1. The lowest BCUT2D eigenvalue weighted by molar-refractivity contribution is 0.619. The largest absolute Gasteiger partial charge is 0.343 e. The zero-order valence-corrected chi connectivity index (χ0v) is 10.3. The summed E-state index contributed by atoms with van der Waals surface area (Å²) in [6.07, 6.45) is 2.78. The van der Waals surface area contributed by atoms with Crippen molar-refractivity contribution < 1.29 is 4.39 Å². The Hall–Kier alpha value is -1.91. The van der Waals surface area contributed by atoms with Crippen LogP contribution in [0.4, 0.5) is 4.39 Å². The van der Waals surface area contributed by atoms with Gasteiger partial charge in [-0.25, -0.2) is 14.3 Å². The van der Waals surface area contributed by atoms with Crippen LogP contribution in [0, 0.1) is 5.82 Å². The molecule has 0 fully saturated rings. The summed E-state index contributed by atoms with van der Waals surface area (Å²) in [6.45, 7) is 2.44. The highest BCUT2D eigenvalue weighted by molar-refractivity contribution is 5.17. The minimum absolute atomic E-state index is 0.245. The first-order valence-corrected chi connectivity index (χ1v) is 6.09. The Kier molecular flexibility index (Phi) is 3.92. The van der Waals surface area contributed by atoms with Crippen LogP contribution in [0.3, 0.4) is 0 Å². The average Bonchev–Trinajstić information content (AvgIpc) is 2.69.